The van der Waals surface area contributed by atoms with Crippen LogP contribution in [0.1, 0.15) is 43.6 Å². The van der Waals surface area contributed by atoms with Crippen molar-refractivity contribution in [3.63, 3.8) is 0 Å². The first-order chi connectivity index (χ1) is 12.7. The van der Waals surface area contributed by atoms with Gasteiger partial charge in [-0.3, -0.25) is 0 Å². The van der Waals surface area contributed by atoms with Crippen LogP contribution in [0, 0.1) is 5.92 Å². The number of anilines is 1. The van der Waals surface area contributed by atoms with Gasteiger partial charge in [-0.05, 0) is 55.6 Å². The summed E-state index contributed by atoms with van der Waals surface area (Å²) in [5.74, 6) is 7.14. The second-order valence-corrected chi connectivity index (χ2v) is 7.63. The van der Waals surface area contributed by atoms with E-state index >= 15 is 0 Å². The van der Waals surface area contributed by atoms with Crippen molar-refractivity contribution in [3.05, 3.63) is 66.3 Å². The number of rotatable bonds is 5. The lowest BCUT2D eigenvalue weighted by atomic mass is 9.89. The maximum Gasteiger partial charge on any atom is 0.158 e. The molecule has 0 bridgehead atoms. The Morgan fingerprint density at radius 1 is 1.08 bits per heavy atom. The van der Waals surface area contributed by atoms with Crippen molar-refractivity contribution in [2.24, 2.45) is 16.9 Å². The molecule has 2 aromatic rings. The van der Waals surface area contributed by atoms with Gasteiger partial charge in [0.1, 0.15) is 0 Å². The Hall–Kier alpha value is -2.49. The van der Waals surface area contributed by atoms with Crippen molar-refractivity contribution in [2.75, 3.05) is 18.0 Å². The lowest BCUT2D eigenvalue weighted by molar-refractivity contribution is 0.505. The number of hydrogen-bond donors (Lipinski definition) is 1. The van der Waals surface area contributed by atoms with Crippen molar-refractivity contribution in [1.29, 1.82) is 0 Å². The first kappa shape index (κ1) is 17.0. The number of allylic oxidation sites excluding steroid dienone is 1. The molecule has 0 unspecified atom stereocenters. The summed E-state index contributed by atoms with van der Waals surface area (Å²) in [5, 5.41) is 4.01. The van der Waals surface area contributed by atoms with E-state index in [-0.39, 0.29) is 0 Å². The van der Waals surface area contributed by atoms with Crippen molar-refractivity contribution >= 4 is 11.4 Å². The fourth-order valence-electron chi connectivity index (χ4n) is 3.99. The first-order valence-electron chi connectivity index (χ1n) is 9.69. The number of hydrogen-bond acceptors (Lipinski definition) is 3. The Morgan fingerprint density at radius 2 is 1.81 bits per heavy atom. The van der Waals surface area contributed by atoms with E-state index in [0.29, 0.717) is 5.92 Å². The van der Waals surface area contributed by atoms with Gasteiger partial charge in [0.2, 0.25) is 0 Å². The molecule has 2 aliphatic rings. The van der Waals surface area contributed by atoms with E-state index in [9.17, 15) is 0 Å². The second-order valence-electron chi connectivity index (χ2n) is 7.63. The molecule has 1 saturated carbocycles. The summed E-state index contributed by atoms with van der Waals surface area (Å²) < 4.78 is 2.04. The van der Waals surface area contributed by atoms with E-state index in [1.165, 1.54) is 36.9 Å². The molecule has 1 aliphatic carbocycles. The number of aromatic nitrogens is 1. The molecule has 0 amide bonds. The lowest BCUT2D eigenvalue weighted by Gasteiger charge is -2.34. The van der Waals surface area contributed by atoms with Crippen molar-refractivity contribution in [1.82, 2.24) is 4.57 Å². The van der Waals surface area contributed by atoms with Crippen LogP contribution in [0.2, 0.25) is 0 Å². The van der Waals surface area contributed by atoms with Crippen molar-refractivity contribution in [2.45, 2.75) is 38.0 Å². The average molecular weight is 348 g/mol. The van der Waals surface area contributed by atoms with E-state index in [1.54, 1.807) is 0 Å². The molecule has 4 nitrogen and oxygen atoms in total. The third-order valence-corrected chi connectivity index (χ3v) is 5.74. The van der Waals surface area contributed by atoms with Gasteiger partial charge in [0.25, 0.3) is 0 Å². The molecule has 2 N–H and O–H groups in total. The summed E-state index contributed by atoms with van der Waals surface area (Å²) in [7, 11) is 0. The fraction of sp³-hybridized carbons (Fsp3) is 0.409. The number of piperidine rings is 1. The maximum absolute atomic E-state index is 5.68. The molecular weight excluding hydrogens is 320 g/mol. The highest BCUT2D eigenvalue weighted by molar-refractivity contribution is 5.49. The standard InChI is InChI=1S/C22H28N4/c1-17(15-18-7-8-18)26-14-11-21(16-22(26)24-23)25-12-9-20(10-13-25)19-5-3-2-4-6-19/h2-6,11,14,16,18,20H,1,7-10,12-13,15,23H2/b24-22-. The van der Waals surface area contributed by atoms with Crippen LogP contribution in [0.5, 0.6) is 0 Å². The molecular formula is C22H28N4. The Bertz CT molecular complexity index is 825. The molecule has 26 heavy (non-hydrogen) atoms. The zero-order valence-electron chi connectivity index (χ0n) is 15.3. The van der Waals surface area contributed by atoms with Crippen LogP contribution in [0.25, 0.3) is 5.70 Å². The fourth-order valence-corrected chi connectivity index (χ4v) is 3.99. The molecule has 1 aromatic heterocycles. The summed E-state index contributed by atoms with van der Waals surface area (Å²) in [5.41, 5.74) is 4.55. The zero-order chi connectivity index (χ0) is 17.9. The highest BCUT2D eigenvalue weighted by atomic mass is 15.2. The minimum atomic E-state index is 0.665. The predicted octanol–water partition coefficient (Wildman–Crippen LogP) is 3.92. The van der Waals surface area contributed by atoms with Gasteiger partial charge in [0.15, 0.2) is 5.49 Å². The zero-order valence-corrected chi connectivity index (χ0v) is 15.3. The maximum atomic E-state index is 5.68. The van der Waals surface area contributed by atoms with Gasteiger partial charge >= 0.3 is 0 Å². The number of nitrogens with zero attached hydrogens (tertiary/aromatic N) is 3. The highest BCUT2D eigenvalue weighted by Crippen LogP contribution is 2.35. The number of nitrogens with two attached hydrogens (primary N) is 1. The molecule has 1 aliphatic heterocycles. The van der Waals surface area contributed by atoms with Crippen LogP contribution in [0.3, 0.4) is 0 Å². The van der Waals surface area contributed by atoms with E-state index in [2.05, 4.69) is 65.2 Å². The normalized spacial score (nSPS) is 18.9. The SMILES string of the molecule is C=C(CC1CC1)n1ccc(N2CCC(c3ccccc3)CC2)c/c1=N/N. The van der Waals surface area contributed by atoms with Gasteiger partial charge in [0.05, 0.1) is 0 Å². The molecule has 4 rings (SSSR count). The predicted molar refractivity (Wildman–Crippen MR) is 107 cm³/mol. The number of benzene rings is 1. The summed E-state index contributed by atoms with van der Waals surface area (Å²) in [6, 6.07) is 15.1. The first-order valence-corrected chi connectivity index (χ1v) is 9.69. The molecule has 1 aromatic carbocycles. The van der Waals surface area contributed by atoms with Crippen LogP contribution < -0.4 is 16.2 Å². The molecule has 0 spiro atoms. The Balaban J connectivity index is 1.46. The van der Waals surface area contributed by atoms with Gasteiger partial charge < -0.3 is 15.3 Å². The van der Waals surface area contributed by atoms with Gasteiger partial charge in [-0.15, -0.1) is 0 Å². The van der Waals surface area contributed by atoms with Crippen LogP contribution in [-0.4, -0.2) is 17.7 Å². The van der Waals surface area contributed by atoms with E-state index in [0.717, 1.165) is 36.6 Å². The van der Waals surface area contributed by atoms with E-state index < -0.39 is 0 Å². The van der Waals surface area contributed by atoms with Crippen LogP contribution in [0.15, 0.2) is 60.3 Å². The molecule has 1 saturated heterocycles. The highest BCUT2D eigenvalue weighted by Gasteiger charge is 2.23. The van der Waals surface area contributed by atoms with Crippen LogP contribution in [0.4, 0.5) is 5.69 Å². The third-order valence-electron chi connectivity index (χ3n) is 5.74. The Labute approximate surface area is 155 Å². The minimum Gasteiger partial charge on any atom is -0.371 e. The van der Waals surface area contributed by atoms with Crippen molar-refractivity contribution in [3.8, 4) is 0 Å². The van der Waals surface area contributed by atoms with Gasteiger partial charge in [0, 0.05) is 36.7 Å². The van der Waals surface area contributed by atoms with Crippen LogP contribution >= 0.6 is 0 Å². The average Bonchev–Trinajstić information content (AvgIpc) is 3.52. The monoisotopic (exact) mass is 348 g/mol. The summed E-state index contributed by atoms with van der Waals surface area (Å²) in [6.07, 6.45) is 8.13. The topological polar surface area (TPSA) is 46.5 Å². The molecule has 2 fully saturated rings. The quantitative estimate of drug-likeness (QED) is 0.658. The summed E-state index contributed by atoms with van der Waals surface area (Å²) in [6.45, 7) is 6.37. The molecule has 2 heterocycles. The summed E-state index contributed by atoms with van der Waals surface area (Å²) >= 11 is 0. The second kappa shape index (κ2) is 7.40. The third kappa shape index (κ3) is 3.69. The lowest BCUT2D eigenvalue weighted by Crippen LogP contribution is -2.34. The van der Waals surface area contributed by atoms with Crippen molar-refractivity contribution < 1.29 is 0 Å². The Morgan fingerprint density at radius 3 is 2.46 bits per heavy atom. The van der Waals surface area contributed by atoms with E-state index in [4.69, 9.17) is 5.84 Å². The summed E-state index contributed by atoms with van der Waals surface area (Å²) in [4.78, 5) is 2.45. The minimum absolute atomic E-state index is 0.665. The van der Waals surface area contributed by atoms with Gasteiger partial charge in [-0.25, -0.2) is 0 Å². The largest absolute Gasteiger partial charge is 0.371 e. The molecule has 136 valence electrons. The van der Waals surface area contributed by atoms with Gasteiger partial charge in [-0.1, -0.05) is 36.9 Å². The van der Waals surface area contributed by atoms with Gasteiger partial charge in [-0.2, -0.15) is 5.10 Å². The Kier molecular flexibility index (Phi) is 4.83. The molecule has 4 heteroatoms. The molecule has 0 atom stereocenters. The van der Waals surface area contributed by atoms with E-state index in [1.807, 2.05) is 4.57 Å². The smallest absolute Gasteiger partial charge is 0.158 e. The number of pyridine rings is 1. The van der Waals surface area contributed by atoms with Crippen LogP contribution in [-0.2, 0) is 0 Å². The molecule has 0 radical (unpaired) electrons.